The minimum atomic E-state index is -2.91. The summed E-state index contributed by atoms with van der Waals surface area (Å²) in [6.45, 7) is -2.91. The molecule has 0 aliphatic rings. The second kappa shape index (κ2) is 3.95. The van der Waals surface area contributed by atoms with Crippen molar-refractivity contribution in [1.82, 2.24) is 0 Å². The van der Waals surface area contributed by atoms with Crippen LogP contribution in [0, 0.1) is 0 Å². The molecule has 0 N–H and O–H groups in total. The van der Waals surface area contributed by atoms with Gasteiger partial charge in [-0.15, -0.1) is 11.3 Å². The predicted octanol–water partition coefficient (Wildman–Crippen LogP) is 2.92. The number of carbonyl (C=O) groups excluding carboxylic acids is 1. The lowest BCUT2D eigenvalue weighted by molar-refractivity contribution is -0.0502. The molecule has 0 amide bonds. The highest BCUT2D eigenvalue weighted by Gasteiger charge is 2.14. The predicted molar refractivity (Wildman–Crippen MR) is 44.0 cm³/mol. The van der Waals surface area contributed by atoms with Gasteiger partial charge in [0.05, 0.1) is 4.47 Å². The van der Waals surface area contributed by atoms with Gasteiger partial charge in [-0.3, -0.25) is 4.79 Å². The van der Waals surface area contributed by atoms with E-state index < -0.39 is 6.61 Å². The third-order valence-corrected chi connectivity index (χ3v) is 2.83. The van der Waals surface area contributed by atoms with E-state index >= 15 is 0 Å². The van der Waals surface area contributed by atoms with E-state index in [1.165, 1.54) is 5.38 Å². The molecule has 0 bridgehead atoms. The molecule has 1 aromatic rings. The van der Waals surface area contributed by atoms with Crippen molar-refractivity contribution in [3.05, 3.63) is 14.7 Å². The number of carbonyl (C=O) groups is 1. The quantitative estimate of drug-likeness (QED) is 0.778. The number of rotatable bonds is 3. The van der Waals surface area contributed by atoms with Crippen molar-refractivity contribution in [2.45, 2.75) is 6.61 Å². The monoisotopic (exact) mass is 256 g/mol. The maximum atomic E-state index is 11.7. The summed E-state index contributed by atoms with van der Waals surface area (Å²) >= 11 is 4.02. The van der Waals surface area contributed by atoms with Crippen LogP contribution in [0.25, 0.3) is 0 Å². The highest BCUT2D eigenvalue weighted by atomic mass is 79.9. The Bertz CT molecular complexity index is 287. The highest BCUT2D eigenvalue weighted by Crippen LogP contribution is 2.34. The van der Waals surface area contributed by atoms with Crippen molar-refractivity contribution in [3.63, 3.8) is 0 Å². The molecule has 0 fully saturated rings. The molecule has 0 atom stereocenters. The summed E-state index contributed by atoms with van der Waals surface area (Å²) in [4.78, 5) is 10.4. The number of hydrogen-bond donors (Lipinski definition) is 0. The van der Waals surface area contributed by atoms with Gasteiger partial charge in [0.25, 0.3) is 0 Å². The molecule has 1 heterocycles. The second-order valence-corrected chi connectivity index (χ2v) is 3.54. The molecule has 0 saturated carbocycles. The van der Waals surface area contributed by atoms with Crippen molar-refractivity contribution in [1.29, 1.82) is 0 Å². The number of aldehydes is 1. The summed E-state index contributed by atoms with van der Waals surface area (Å²) in [5, 5.41) is 1.52. The van der Waals surface area contributed by atoms with Crippen LogP contribution in [0.4, 0.5) is 8.78 Å². The fourth-order valence-electron chi connectivity index (χ4n) is 0.625. The molecule has 0 spiro atoms. The molecule has 0 saturated heterocycles. The van der Waals surface area contributed by atoms with Crippen LogP contribution in [-0.4, -0.2) is 12.9 Å². The summed E-state index contributed by atoms with van der Waals surface area (Å²) in [5.74, 6) is -0.0926. The fraction of sp³-hybridized carbons (Fsp3) is 0.167. The molecular weight excluding hydrogens is 254 g/mol. The zero-order valence-corrected chi connectivity index (χ0v) is 7.99. The topological polar surface area (TPSA) is 26.3 Å². The van der Waals surface area contributed by atoms with Gasteiger partial charge in [-0.2, -0.15) is 8.78 Å². The van der Waals surface area contributed by atoms with Gasteiger partial charge in [0.2, 0.25) is 0 Å². The Morgan fingerprint density at radius 1 is 1.67 bits per heavy atom. The Kier molecular flexibility index (Phi) is 3.16. The first-order valence-electron chi connectivity index (χ1n) is 2.82. The van der Waals surface area contributed by atoms with Gasteiger partial charge in [0, 0.05) is 5.38 Å². The third-order valence-electron chi connectivity index (χ3n) is 1.04. The highest BCUT2D eigenvalue weighted by molar-refractivity contribution is 9.10. The van der Waals surface area contributed by atoms with E-state index in [0.29, 0.717) is 10.8 Å². The van der Waals surface area contributed by atoms with Gasteiger partial charge in [0.1, 0.15) is 4.88 Å². The summed E-state index contributed by atoms with van der Waals surface area (Å²) in [6.07, 6.45) is 0.479. The Balaban J connectivity index is 2.94. The zero-order valence-electron chi connectivity index (χ0n) is 5.59. The normalized spacial score (nSPS) is 10.3. The standard InChI is InChI=1S/C6H3BrF2O2S/c7-3-2-12-4(1-10)5(3)11-6(8)9/h1-2,6H. The molecule has 0 radical (unpaired) electrons. The largest absolute Gasteiger partial charge is 0.432 e. The van der Waals surface area contributed by atoms with Gasteiger partial charge < -0.3 is 4.74 Å². The maximum Gasteiger partial charge on any atom is 0.387 e. The average molecular weight is 257 g/mol. The van der Waals surface area contributed by atoms with E-state index in [2.05, 4.69) is 20.7 Å². The second-order valence-electron chi connectivity index (χ2n) is 1.77. The lowest BCUT2D eigenvalue weighted by Gasteiger charge is -2.02. The molecule has 12 heavy (non-hydrogen) atoms. The first-order valence-corrected chi connectivity index (χ1v) is 4.49. The molecule has 66 valence electrons. The Morgan fingerprint density at radius 3 is 2.83 bits per heavy atom. The number of alkyl halides is 2. The summed E-state index contributed by atoms with van der Waals surface area (Å²) in [7, 11) is 0. The van der Waals surface area contributed by atoms with Gasteiger partial charge in [-0.1, -0.05) is 0 Å². The van der Waals surface area contributed by atoms with Crippen LogP contribution in [0.1, 0.15) is 9.67 Å². The molecular formula is C6H3BrF2O2S. The summed E-state index contributed by atoms with van der Waals surface area (Å²) in [5.41, 5.74) is 0. The third kappa shape index (κ3) is 2.01. The van der Waals surface area contributed by atoms with Crippen LogP contribution in [0.15, 0.2) is 9.85 Å². The summed E-state index contributed by atoms with van der Waals surface area (Å²) in [6, 6.07) is 0. The molecule has 0 aromatic carbocycles. The van der Waals surface area contributed by atoms with Crippen LogP contribution in [0.3, 0.4) is 0 Å². The van der Waals surface area contributed by atoms with E-state index in [4.69, 9.17) is 0 Å². The molecule has 0 aliphatic heterocycles. The van der Waals surface area contributed by atoms with Gasteiger partial charge in [-0.25, -0.2) is 0 Å². The van der Waals surface area contributed by atoms with Crippen molar-refractivity contribution < 1.29 is 18.3 Å². The van der Waals surface area contributed by atoms with Gasteiger partial charge in [-0.05, 0) is 15.9 Å². The smallest absolute Gasteiger partial charge is 0.387 e. The molecule has 1 aromatic heterocycles. The van der Waals surface area contributed by atoms with E-state index in [-0.39, 0.29) is 10.6 Å². The van der Waals surface area contributed by atoms with Crippen LogP contribution >= 0.6 is 27.3 Å². The minimum absolute atomic E-state index is 0.0926. The van der Waals surface area contributed by atoms with E-state index in [1.807, 2.05) is 0 Å². The fourth-order valence-corrected chi connectivity index (χ4v) is 2.00. The Hall–Kier alpha value is -0.490. The van der Waals surface area contributed by atoms with Crippen molar-refractivity contribution >= 4 is 33.6 Å². The number of halogens is 3. The first-order chi connectivity index (χ1) is 5.65. The number of hydrogen-bond acceptors (Lipinski definition) is 3. The van der Waals surface area contributed by atoms with E-state index in [9.17, 15) is 13.6 Å². The van der Waals surface area contributed by atoms with Crippen LogP contribution in [0.2, 0.25) is 0 Å². The Labute approximate surface area is 79.3 Å². The molecule has 0 unspecified atom stereocenters. The first kappa shape index (κ1) is 9.60. The SMILES string of the molecule is O=Cc1scc(Br)c1OC(F)F. The van der Waals surface area contributed by atoms with E-state index in [0.717, 1.165) is 11.3 Å². The molecule has 6 heteroatoms. The molecule has 0 aliphatic carbocycles. The van der Waals surface area contributed by atoms with Crippen molar-refractivity contribution in [2.24, 2.45) is 0 Å². The average Bonchev–Trinajstić information content (AvgIpc) is 2.32. The van der Waals surface area contributed by atoms with Crippen LogP contribution in [-0.2, 0) is 0 Å². The van der Waals surface area contributed by atoms with Crippen LogP contribution in [0.5, 0.6) is 5.75 Å². The number of ether oxygens (including phenoxy) is 1. The number of thiophene rings is 1. The summed E-state index contributed by atoms with van der Waals surface area (Å²) < 4.78 is 28.0. The lowest BCUT2D eigenvalue weighted by Crippen LogP contribution is -2.02. The zero-order chi connectivity index (χ0) is 9.14. The van der Waals surface area contributed by atoms with Crippen molar-refractivity contribution in [2.75, 3.05) is 0 Å². The van der Waals surface area contributed by atoms with E-state index in [1.54, 1.807) is 0 Å². The minimum Gasteiger partial charge on any atom is -0.432 e. The molecule has 2 nitrogen and oxygen atoms in total. The van der Waals surface area contributed by atoms with Gasteiger partial charge in [0.15, 0.2) is 12.0 Å². The van der Waals surface area contributed by atoms with Crippen molar-refractivity contribution in [3.8, 4) is 5.75 Å². The molecule has 1 rings (SSSR count). The lowest BCUT2D eigenvalue weighted by atomic mass is 10.4. The van der Waals surface area contributed by atoms with Crippen LogP contribution < -0.4 is 4.74 Å². The Morgan fingerprint density at radius 2 is 2.33 bits per heavy atom. The van der Waals surface area contributed by atoms with Gasteiger partial charge >= 0.3 is 6.61 Å². The maximum absolute atomic E-state index is 11.7.